The molecule has 2 aliphatic heterocycles. The minimum Gasteiger partial charge on any atom is -0.378 e. The largest absolute Gasteiger partial charge is 0.378 e. The fraction of sp³-hybridized carbons (Fsp3) is 0.474. The minimum atomic E-state index is -1.04. The third kappa shape index (κ3) is 3.60. The lowest BCUT2D eigenvalue weighted by Gasteiger charge is -2.27. The maximum atomic E-state index is 12.9. The van der Waals surface area contributed by atoms with Crippen molar-refractivity contribution in [2.45, 2.75) is 50.8 Å². The van der Waals surface area contributed by atoms with Crippen molar-refractivity contribution in [3.8, 4) is 11.8 Å². The van der Waals surface area contributed by atoms with Gasteiger partial charge in [-0.25, -0.2) is 0 Å². The predicted molar refractivity (Wildman–Crippen MR) is 90.2 cm³/mol. The first kappa shape index (κ1) is 16.5. The molecule has 2 amide bonds. The zero-order valence-corrected chi connectivity index (χ0v) is 14.0. The fourth-order valence-electron chi connectivity index (χ4n) is 3.28. The molecular formula is C19H22N2O3. The third-order valence-electron chi connectivity index (χ3n) is 4.45. The molecule has 2 atom stereocenters. The summed E-state index contributed by atoms with van der Waals surface area (Å²) in [5, 5.41) is 12.5. The van der Waals surface area contributed by atoms with Crippen molar-refractivity contribution in [3.05, 3.63) is 35.4 Å². The van der Waals surface area contributed by atoms with E-state index in [1.165, 1.54) is 0 Å². The van der Waals surface area contributed by atoms with Crippen LogP contribution in [-0.2, 0) is 4.79 Å². The van der Waals surface area contributed by atoms with Crippen molar-refractivity contribution in [3.63, 3.8) is 0 Å². The molecule has 1 aromatic carbocycles. The number of carbonyl (C=O) groups excluding carboxylic acids is 2. The Morgan fingerprint density at radius 2 is 1.92 bits per heavy atom. The number of hydrogen-bond acceptors (Lipinski definition) is 3. The molecule has 5 nitrogen and oxygen atoms in total. The highest BCUT2D eigenvalue weighted by Crippen LogP contribution is 2.29. The van der Waals surface area contributed by atoms with E-state index >= 15 is 0 Å². The highest BCUT2D eigenvalue weighted by Gasteiger charge is 2.40. The Bertz CT molecular complexity index is 707. The monoisotopic (exact) mass is 326 g/mol. The average molecular weight is 326 g/mol. The van der Waals surface area contributed by atoms with Crippen LogP contribution in [0.2, 0.25) is 0 Å². The number of amides is 2. The van der Waals surface area contributed by atoms with Gasteiger partial charge in [0.1, 0.15) is 5.60 Å². The van der Waals surface area contributed by atoms with Crippen molar-refractivity contribution in [1.82, 2.24) is 10.2 Å². The first-order valence-electron chi connectivity index (χ1n) is 8.28. The Kier molecular flexibility index (Phi) is 4.33. The maximum absolute atomic E-state index is 12.9. The summed E-state index contributed by atoms with van der Waals surface area (Å²) in [6.07, 6.45) is 2.21. The van der Waals surface area contributed by atoms with Gasteiger partial charge in [0.15, 0.2) is 0 Å². The quantitative estimate of drug-likeness (QED) is 0.765. The van der Waals surface area contributed by atoms with Crippen LogP contribution in [0.3, 0.4) is 0 Å². The van der Waals surface area contributed by atoms with E-state index in [1.807, 2.05) is 4.90 Å². The standard InChI is InChI=1S/C19H22N2O3/c1-19(2,24)10-9-13-3-5-14(6-4-13)18(23)21-15-7-8-16(21)12-20-17(22)11-15/h3-6,15-16,24H,7-8,11-12H2,1-2H3,(H,20,22)/t15-,16+/m1/s1. The second kappa shape index (κ2) is 6.29. The number of nitrogens with one attached hydrogen (secondary N) is 1. The number of benzene rings is 1. The number of hydrogen-bond donors (Lipinski definition) is 2. The first-order valence-corrected chi connectivity index (χ1v) is 8.28. The third-order valence-corrected chi connectivity index (χ3v) is 4.45. The van der Waals surface area contributed by atoms with Gasteiger partial charge in [-0.3, -0.25) is 9.59 Å². The molecule has 5 heteroatoms. The molecule has 0 saturated carbocycles. The van der Waals surface area contributed by atoms with Crippen LogP contribution < -0.4 is 5.32 Å². The van der Waals surface area contributed by atoms with E-state index in [4.69, 9.17) is 0 Å². The zero-order valence-electron chi connectivity index (χ0n) is 14.0. The van der Waals surface area contributed by atoms with Crippen LogP contribution in [0.5, 0.6) is 0 Å². The van der Waals surface area contributed by atoms with Gasteiger partial charge in [0.25, 0.3) is 5.91 Å². The van der Waals surface area contributed by atoms with Crippen LogP contribution in [0.1, 0.15) is 49.0 Å². The highest BCUT2D eigenvalue weighted by atomic mass is 16.3. The van der Waals surface area contributed by atoms with Crippen molar-refractivity contribution < 1.29 is 14.7 Å². The molecule has 2 saturated heterocycles. The van der Waals surface area contributed by atoms with Crippen LogP contribution in [0.25, 0.3) is 0 Å². The number of aliphatic hydroxyl groups is 1. The van der Waals surface area contributed by atoms with Gasteiger partial charge in [-0.05, 0) is 51.0 Å². The SMILES string of the molecule is CC(C)(O)C#Cc1ccc(C(=O)N2[C@@H]3CC[C@H]2CNC(=O)C3)cc1. The number of fused-ring (bicyclic) bond motifs is 2. The smallest absolute Gasteiger partial charge is 0.254 e. The molecule has 3 rings (SSSR count). The molecule has 1 aromatic rings. The molecule has 0 spiro atoms. The molecule has 2 N–H and O–H groups in total. The molecule has 126 valence electrons. The normalized spacial score (nSPS) is 23.1. The molecule has 24 heavy (non-hydrogen) atoms. The Balaban J connectivity index is 1.78. The van der Waals surface area contributed by atoms with Gasteiger partial charge < -0.3 is 15.3 Å². The molecule has 2 bridgehead atoms. The maximum Gasteiger partial charge on any atom is 0.254 e. The summed E-state index contributed by atoms with van der Waals surface area (Å²) in [5.74, 6) is 5.65. The molecule has 0 aliphatic carbocycles. The van der Waals surface area contributed by atoms with Crippen molar-refractivity contribution in [1.29, 1.82) is 0 Å². The van der Waals surface area contributed by atoms with Crippen LogP contribution in [0.4, 0.5) is 0 Å². The van der Waals surface area contributed by atoms with E-state index in [0.717, 1.165) is 18.4 Å². The molecule has 2 fully saturated rings. The lowest BCUT2D eigenvalue weighted by Crippen LogP contribution is -2.42. The van der Waals surface area contributed by atoms with E-state index in [9.17, 15) is 14.7 Å². The minimum absolute atomic E-state index is 0.000318. The van der Waals surface area contributed by atoms with E-state index in [-0.39, 0.29) is 23.9 Å². The summed E-state index contributed by atoms with van der Waals surface area (Å²) in [4.78, 5) is 26.4. The van der Waals surface area contributed by atoms with E-state index in [2.05, 4.69) is 17.2 Å². The van der Waals surface area contributed by atoms with Crippen LogP contribution >= 0.6 is 0 Å². The molecule has 0 aromatic heterocycles. The van der Waals surface area contributed by atoms with Gasteiger partial charge in [-0.2, -0.15) is 0 Å². The van der Waals surface area contributed by atoms with Gasteiger partial charge in [0, 0.05) is 36.2 Å². The van der Waals surface area contributed by atoms with Gasteiger partial charge in [-0.1, -0.05) is 11.8 Å². The number of rotatable bonds is 1. The highest BCUT2D eigenvalue weighted by molar-refractivity contribution is 5.95. The van der Waals surface area contributed by atoms with E-state index in [0.29, 0.717) is 18.5 Å². The van der Waals surface area contributed by atoms with Crippen molar-refractivity contribution >= 4 is 11.8 Å². The van der Waals surface area contributed by atoms with E-state index in [1.54, 1.807) is 38.1 Å². The lowest BCUT2D eigenvalue weighted by atomic mass is 10.1. The van der Waals surface area contributed by atoms with Crippen LogP contribution in [0.15, 0.2) is 24.3 Å². The predicted octanol–water partition coefficient (Wildman–Crippen LogP) is 1.30. The Hall–Kier alpha value is -2.32. The second-order valence-corrected chi connectivity index (χ2v) is 6.99. The molecular weight excluding hydrogens is 304 g/mol. The summed E-state index contributed by atoms with van der Waals surface area (Å²) in [6.45, 7) is 3.79. The zero-order chi connectivity index (χ0) is 17.3. The molecule has 0 unspecified atom stereocenters. The van der Waals surface area contributed by atoms with E-state index < -0.39 is 5.60 Å². The topological polar surface area (TPSA) is 69.6 Å². The number of nitrogens with zero attached hydrogens (tertiary/aromatic N) is 1. The van der Waals surface area contributed by atoms with Crippen molar-refractivity contribution in [2.24, 2.45) is 0 Å². The first-order chi connectivity index (χ1) is 11.3. The Labute approximate surface area is 142 Å². The fourth-order valence-corrected chi connectivity index (χ4v) is 3.28. The Morgan fingerprint density at radius 3 is 2.58 bits per heavy atom. The van der Waals surface area contributed by atoms with Gasteiger partial charge in [0.2, 0.25) is 5.91 Å². The summed E-state index contributed by atoms with van der Waals surface area (Å²) < 4.78 is 0. The number of carbonyl (C=O) groups is 2. The lowest BCUT2D eigenvalue weighted by molar-refractivity contribution is -0.121. The van der Waals surface area contributed by atoms with Crippen LogP contribution in [0, 0.1) is 11.8 Å². The summed E-state index contributed by atoms with van der Waals surface area (Å²) >= 11 is 0. The van der Waals surface area contributed by atoms with Crippen molar-refractivity contribution in [2.75, 3.05) is 6.54 Å². The second-order valence-electron chi connectivity index (χ2n) is 6.99. The molecule has 2 aliphatic rings. The van der Waals surface area contributed by atoms with Crippen LogP contribution in [-0.4, -0.2) is 46.1 Å². The van der Waals surface area contributed by atoms with Gasteiger partial charge >= 0.3 is 0 Å². The van der Waals surface area contributed by atoms with Gasteiger partial charge in [-0.15, -0.1) is 0 Å². The van der Waals surface area contributed by atoms with Gasteiger partial charge in [0.05, 0.1) is 0 Å². The summed E-state index contributed by atoms with van der Waals surface area (Å²) in [6, 6.07) is 7.18. The Morgan fingerprint density at radius 1 is 1.25 bits per heavy atom. The summed E-state index contributed by atoms with van der Waals surface area (Å²) in [7, 11) is 0. The molecule has 0 radical (unpaired) electrons. The average Bonchev–Trinajstić information content (AvgIpc) is 2.83. The summed E-state index contributed by atoms with van der Waals surface area (Å²) in [5.41, 5.74) is 0.318. The molecule has 2 heterocycles.